The van der Waals surface area contributed by atoms with Gasteiger partial charge in [-0.05, 0) is 36.4 Å². The molecule has 1 amide bonds. The zero-order valence-electron chi connectivity index (χ0n) is 14.8. The predicted octanol–water partition coefficient (Wildman–Crippen LogP) is 4.46. The molecule has 0 radical (unpaired) electrons. The fourth-order valence-corrected chi connectivity index (χ4v) is 4.31. The first-order valence-corrected chi connectivity index (χ1v) is 10.1. The topological polar surface area (TPSA) is 87.9 Å². The standard InChI is InChI=1S/C20H14N4O2S2/c1-26-14-6-7-15-12(9-14)8-13(10-21)19(22-15)27-11-18(25)24-20-23-16-4-2-3-5-17(16)28-20/h2-9H,11H2,1H3,(H,23,24,25). The Morgan fingerprint density at radius 1 is 1.21 bits per heavy atom. The molecule has 4 rings (SSSR count). The van der Waals surface area contributed by atoms with Gasteiger partial charge < -0.3 is 10.1 Å². The van der Waals surface area contributed by atoms with Crippen molar-refractivity contribution in [3.63, 3.8) is 0 Å². The molecule has 0 fully saturated rings. The van der Waals surface area contributed by atoms with E-state index in [2.05, 4.69) is 21.4 Å². The Morgan fingerprint density at radius 3 is 2.86 bits per heavy atom. The van der Waals surface area contributed by atoms with E-state index >= 15 is 0 Å². The van der Waals surface area contributed by atoms with Crippen molar-refractivity contribution in [1.29, 1.82) is 5.26 Å². The predicted molar refractivity (Wildman–Crippen MR) is 112 cm³/mol. The van der Waals surface area contributed by atoms with Gasteiger partial charge in [-0.3, -0.25) is 4.79 Å². The molecule has 28 heavy (non-hydrogen) atoms. The molecule has 0 bridgehead atoms. The lowest BCUT2D eigenvalue weighted by molar-refractivity contribution is -0.113. The quantitative estimate of drug-likeness (QED) is 0.493. The van der Waals surface area contributed by atoms with Crippen molar-refractivity contribution < 1.29 is 9.53 Å². The second-order valence-electron chi connectivity index (χ2n) is 5.84. The summed E-state index contributed by atoms with van der Waals surface area (Å²) in [5.74, 6) is 0.651. The number of ether oxygens (including phenoxy) is 1. The first-order chi connectivity index (χ1) is 13.7. The van der Waals surface area contributed by atoms with Crippen molar-refractivity contribution in [2.45, 2.75) is 5.03 Å². The highest BCUT2D eigenvalue weighted by Crippen LogP contribution is 2.28. The van der Waals surface area contributed by atoms with Crippen molar-refractivity contribution >= 4 is 55.3 Å². The summed E-state index contributed by atoms with van der Waals surface area (Å²) in [6, 6.07) is 17.1. The molecule has 1 N–H and O–H groups in total. The maximum atomic E-state index is 12.3. The van der Waals surface area contributed by atoms with Gasteiger partial charge in [0, 0.05) is 5.39 Å². The molecule has 4 aromatic rings. The van der Waals surface area contributed by atoms with Gasteiger partial charge in [0.25, 0.3) is 0 Å². The summed E-state index contributed by atoms with van der Waals surface area (Å²) in [6.45, 7) is 0. The second-order valence-corrected chi connectivity index (χ2v) is 7.83. The van der Waals surface area contributed by atoms with E-state index in [9.17, 15) is 10.1 Å². The van der Waals surface area contributed by atoms with E-state index in [1.165, 1.54) is 23.1 Å². The number of thiazole rings is 1. The Bertz CT molecular complexity index is 1200. The number of nitrogens with one attached hydrogen (secondary N) is 1. The third kappa shape index (κ3) is 3.76. The van der Waals surface area contributed by atoms with Gasteiger partial charge in [0.2, 0.25) is 5.91 Å². The van der Waals surface area contributed by atoms with Gasteiger partial charge in [-0.15, -0.1) is 0 Å². The summed E-state index contributed by atoms with van der Waals surface area (Å²) in [7, 11) is 1.59. The van der Waals surface area contributed by atoms with Crippen LogP contribution in [0.4, 0.5) is 5.13 Å². The Morgan fingerprint density at radius 2 is 2.07 bits per heavy atom. The number of aromatic nitrogens is 2. The lowest BCUT2D eigenvalue weighted by Crippen LogP contribution is -2.14. The molecule has 6 nitrogen and oxygen atoms in total. The van der Waals surface area contributed by atoms with Gasteiger partial charge >= 0.3 is 0 Å². The SMILES string of the molecule is COc1ccc2nc(SCC(=O)Nc3nc4ccccc4s3)c(C#N)cc2c1. The van der Waals surface area contributed by atoms with E-state index in [1.54, 1.807) is 13.2 Å². The number of benzene rings is 2. The molecule has 0 saturated heterocycles. The number of para-hydroxylation sites is 1. The summed E-state index contributed by atoms with van der Waals surface area (Å²) in [5.41, 5.74) is 2.03. The molecule has 0 atom stereocenters. The summed E-state index contributed by atoms with van der Waals surface area (Å²) < 4.78 is 6.23. The number of hydrogen-bond donors (Lipinski definition) is 1. The van der Waals surface area contributed by atoms with Crippen LogP contribution in [0.5, 0.6) is 5.75 Å². The molecular formula is C20H14N4O2S2. The van der Waals surface area contributed by atoms with Crippen LogP contribution < -0.4 is 10.1 Å². The van der Waals surface area contributed by atoms with Crippen LogP contribution >= 0.6 is 23.1 Å². The Hall–Kier alpha value is -3.15. The summed E-state index contributed by atoms with van der Waals surface area (Å²) in [5, 5.41) is 14.2. The van der Waals surface area contributed by atoms with Crippen molar-refractivity contribution in [1.82, 2.24) is 9.97 Å². The number of methoxy groups -OCH3 is 1. The van der Waals surface area contributed by atoms with Crippen molar-refractivity contribution in [2.24, 2.45) is 0 Å². The summed E-state index contributed by atoms with van der Waals surface area (Å²) in [6.07, 6.45) is 0. The van der Waals surface area contributed by atoms with Crippen LogP contribution in [0.1, 0.15) is 5.56 Å². The first-order valence-electron chi connectivity index (χ1n) is 8.33. The van der Waals surface area contributed by atoms with Crippen LogP contribution in [0.25, 0.3) is 21.1 Å². The van der Waals surface area contributed by atoms with Crippen molar-refractivity contribution in [3.8, 4) is 11.8 Å². The molecule has 2 aromatic carbocycles. The average Bonchev–Trinajstić information content (AvgIpc) is 3.13. The number of carbonyl (C=O) groups is 1. The molecule has 0 aliphatic rings. The Kier molecular flexibility index (Phi) is 5.10. The number of hydrogen-bond acceptors (Lipinski definition) is 7. The first kappa shape index (κ1) is 18.2. The van der Waals surface area contributed by atoms with E-state index in [1.807, 2.05) is 42.5 Å². The maximum absolute atomic E-state index is 12.3. The molecular weight excluding hydrogens is 392 g/mol. The van der Waals surface area contributed by atoms with Gasteiger partial charge in [-0.2, -0.15) is 5.26 Å². The van der Waals surface area contributed by atoms with Gasteiger partial charge in [0.05, 0.1) is 34.2 Å². The van der Waals surface area contributed by atoms with Crippen LogP contribution in [0, 0.1) is 11.3 Å². The van der Waals surface area contributed by atoms with Gasteiger partial charge in [0.15, 0.2) is 5.13 Å². The monoisotopic (exact) mass is 406 g/mol. The van der Waals surface area contributed by atoms with E-state index in [-0.39, 0.29) is 11.7 Å². The lowest BCUT2D eigenvalue weighted by Gasteiger charge is -2.07. The highest BCUT2D eigenvalue weighted by atomic mass is 32.2. The van der Waals surface area contributed by atoms with Crippen LogP contribution in [-0.2, 0) is 4.79 Å². The molecule has 0 aliphatic carbocycles. The smallest absolute Gasteiger partial charge is 0.236 e. The summed E-state index contributed by atoms with van der Waals surface area (Å²) >= 11 is 2.66. The minimum absolute atomic E-state index is 0.138. The number of nitrogens with zero attached hydrogens (tertiary/aromatic N) is 3. The second kappa shape index (κ2) is 7.84. The van der Waals surface area contributed by atoms with E-state index < -0.39 is 0 Å². The third-order valence-electron chi connectivity index (χ3n) is 3.99. The van der Waals surface area contributed by atoms with Gasteiger partial charge in [-0.1, -0.05) is 35.2 Å². The normalized spacial score (nSPS) is 10.7. The van der Waals surface area contributed by atoms with Crippen molar-refractivity contribution in [3.05, 3.63) is 54.1 Å². The molecule has 0 spiro atoms. The van der Waals surface area contributed by atoms with Crippen LogP contribution in [0.15, 0.2) is 53.6 Å². The van der Waals surface area contributed by atoms with Crippen molar-refractivity contribution in [2.75, 3.05) is 18.2 Å². The number of carbonyl (C=O) groups excluding carboxylic acids is 1. The zero-order valence-corrected chi connectivity index (χ0v) is 16.4. The van der Waals surface area contributed by atoms with Gasteiger partial charge in [-0.25, -0.2) is 9.97 Å². The molecule has 0 aliphatic heterocycles. The fourth-order valence-electron chi connectivity index (χ4n) is 2.67. The number of amides is 1. The highest BCUT2D eigenvalue weighted by molar-refractivity contribution is 8.00. The minimum Gasteiger partial charge on any atom is -0.497 e. The fraction of sp³-hybridized carbons (Fsp3) is 0.100. The molecule has 2 heterocycles. The lowest BCUT2D eigenvalue weighted by atomic mass is 10.1. The number of fused-ring (bicyclic) bond motifs is 2. The number of rotatable bonds is 5. The molecule has 8 heteroatoms. The zero-order chi connectivity index (χ0) is 19.5. The summed E-state index contributed by atoms with van der Waals surface area (Å²) in [4.78, 5) is 21.2. The highest BCUT2D eigenvalue weighted by Gasteiger charge is 2.12. The Balaban J connectivity index is 1.49. The third-order valence-corrected chi connectivity index (χ3v) is 5.93. The maximum Gasteiger partial charge on any atom is 0.236 e. The Labute approximate surface area is 169 Å². The number of pyridine rings is 1. The minimum atomic E-state index is -0.190. The molecule has 2 aromatic heterocycles. The largest absolute Gasteiger partial charge is 0.497 e. The van der Waals surface area contributed by atoms with E-state index in [0.717, 1.165) is 21.1 Å². The number of nitriles is 1. The number of anilines is 1. The molecule has 0 unspecified atom stereocenters. The van der Waals surface area contributed by atoms with Crippen LogP contribution in [0.3, 0.4) is 0 Å². The van der Waals surface area contributed by atoms with Crippen LogP contribution in [0.2, 0.25) is 0 Å². The molecule has 0 saturated carbocycles. The average molecular weight is 406 g/mol. The van der Waals surface area contributed by atoms with Crippen LogP contribution in [-0.4, -0.2) is 28.7 Å². The van der Waals surface area contributed by atoms with E-state index in [4.69, 9.17) is 4.74 Å². The van der Waals surface area contributed by atoms with E-state index in [0.29, 0.717) is 21.5 Å². The molecule has 138 valence electrons. The van der Waals surface area contributed by atoms with Gasteiger partial charge in [0.1, 0.15) is 16.8 Å². The number of thioether (sulfide) groups is 1.